The molecule has 0 bridgehead atoms. The van der Waals surface area contributed by atoms with Crippen LogP contribution < -0.4 is 16.4 Å². The molecule has 0 radical (unpaired) electrons. The second-order valence-corrected chi connectivity index (χ2v) is 5.72. The Morgan fingerprint density at radius 2 is 1.88 bits per heavy atom. The quantitative estimate of drug-likeness (QED) is 0.550. The molecule has 24 heavy (non-hydrogen) atoms. The van der Waals surface area contributed by atoms with Gasteiger partial charge in [-0.3, -0.25) is 4.79 Å². The lowest BCUT2D eigenvalue weighted by molar-refractivity contribution is -0.142. The molecule has 0 spiro atoms. The Bertz CT molecular complexity index is 589. The van der Waals surface area contributed by atoms with Gasteiger partial charge in [-0.2, -0.15) is 0 Å². The van der Waals surface area contributed by atoms with Crippen molar-refractivity contribution in [3.8, 4) is 0 Å². The van der Waals surface area contributed by atoms with E-state index < -0.39 is 30.0 Å². The van der Waals surface area contributed by atoms with Crippen LogP contribution in [0.2, 0.25) is 0 Å². The van der Waals surface area contributed by atoms with E-state index in [0.29, 0.717) is 12.8 Å². The third-order valence-electron chi connectivity index (χ3n) is 3.75. The number of benzene rings is 1. The molecule has 7 nitrogen and oxygen atoms in total. The lowest BCUT2D eigenvalue weighted by atomic mass is 9.98. The number of amides is 3. The van der Waals surface area contributed by atoms with Crippen molar-refractivity contribution < 1.29 is 19.5 Å². The Morgan fingerprint density at radius 3 is 2.42 bits per heavy atom. The molecule has 1 unspecified atom stereocenters. The third-order valence-corrected chi connectivity index (χ3v) is 3.75. The summed E-state index contributed by atoms with van der Waals surface area (Å²) in [5.74, 6) is -1.51. The molecule has 132 valence electrons. The van der Waals surface area contributed by atoms with Gasteiger partial charge in [-0.25, -0.2) is 9.59 Å². The summed E-state index contributed by atoms with van der Waals surface area (Å²) in [4.78, 5) is 34.7. The summed E-state index contributed by atoms with van der Waals surface area (Å²) in [6.45, 7) is 3.82. The number of urea groups is 1. The summed E-state index contributed by atoms with van der Waals surface area (Å²) in [7, 11) is 0. The summed E-state index contributed by atoms with van der Waals surface area (Å²) in [6.07, 6.45) is 1.84. The first-order valence-electron chi connectivity index (χ1n) is 7.98. The second-order valence-electron chi connectivity index (χ2n) is 5.72. The van der Waals surface area contributed by atoms with Gasteiger partial charge in [-0.1, -0.05) is 44.0 Å². The fourth-order valence-electron chi connectivity index (χ4n) is 2.49. The summed E-state index contributed by atoms with van der Waals surface area (Å²) >= 11 is 0. The number of aliphatic carboxylic acids is 1. The zero-order chi connectivity index (χ0) is 18.1. The SMILES string of the molecule is CCCC[C@H](NC(=O)CC(NC(N)=O)c1ccccc1C)C(=O)O. The van der Waals surface area contributed by atoms with Gasteiger partial charge >= 0.3 is 12.0 Å². The fourth-order valence-corrected chi connectivity index (χ4v) is 2.49. The number of carboxylic acid groups (broad SMARTS) is 1. The summed E-state index contributed by atoms with van der Waals surface area (Å²) < 4.78 is 0. The molecule has 0 saturated heterocycles. The minimum absolute atomic E-state index is 0.0797. The van der Waals surface area contributed by atoms with E-state index in [1.54, 1.807) is 12.1 Å². The van der Waals surface area contributed by atoms with E-state index >= 15 is 0 Å². The minimum atomic E-state index is -1.06. The van der Waals surface area contributed by atoms with Crippen molar-refractivity contribution in [2.45, 2.75) is 51.6 Å². The van der Waals surface area contributed by atoms with E-state index in [4.69, 9.17) is 5.73 Å². The highest BCUT2D eigenvalue weighted by atomic mass is 16.4. The van der Waals surface area contributed by atoms with Crippen molar-refractivity contribution in [3.05, 3.63) is 35.4 Å². The molecular formula is C17H25N3O4. The number of primary amides is 1. The third kappa shape index (κ3) is 6.28. The van der Waals surface area contributed by atoms with Crippen LogP contribution in [0, 0.1) is 6.92 Å². The predicted molar refractivity (Wildman–Crippen MR) is 90.3 cm³/mol. The van der Waals surface area contributed by atoms with Crippen molar-refractivity contribution in [2.24, 2.45) is 5.73 Å². The van der Waals surface area contributed by atoms with Gasteiger partial charge < -0.3 is 21.5 Å². The van der Waals surface area contributed by atoms with Crippen LogP contribution in [0.5, 0.6) is 0 Å². The predicted octanol–water partition coefficient (Wildman–Crippen LogP) is 1.85. The van der Waals surface area contributed by atoms with Crippen LogP contribution in [0.25, 0.3) is 0 Å². The molecule has 5 N–H and O–H groups in total. The number of carbonyl (C=O) groups excluding carboxylic acids is 2. The molecule has 3 amide bonds. The van der Waals surface area contributed by atoms with Crippen molar-refractivity contribution in [3.63, 3.8) is 0 Å². The van der Waals surface area contributed by atoms with Crippen molar-refractivity contribution in [2.75, 3.05) is 0 Å². The molecule has 1 aromatic carbocycles. The number of carboxylic acids is 1. The monoisotopic (exact) mass is 335 g/mol. The molecule has 1 aromatic rings. The molecule has 0 fully saturated rings. The molecule has 0 aliphatic heterocycles. The number of nitrogens with one attached hydrogen (secondary N) is 2. The summed E-state index contributed by atoms with van der Waals surface area (Å²) in [6, 6.07) is 5.05. The fraction of sp³-hybridized carbons (Fsp3) is 0.471. The van der Waals surface area contributed by atoms with Crippen molar-refractivity contribution in [1.29, 1.82) is 0 Å². The number of rotatable bonds is 9. The Balaban J connectivity index is 2.82. The largest absolute Gasteiger partial charge is 0.480 e. The number of carbonyl (C=O) groups is 3. The Labute approximate surface area is 141 Å². The number of nitrogens with two attached hydrogens (primary N) is 1. The van der Waals surface area contributed by atoms with Gasteiger partial charge in [0.15, 0.2) is 0 Å². The van der Waals surface area contributed by atoms with Crippen molar-refractivity contribution >= 4 is 17.9 Å². The van der Waals surface area contributed by atoms with Gasteiger partial charge in [0.25, 0.3) is 0 Å². The molecule has 0 aromatic heterocycles. The van der Waals surface area contributed by atoms with E-state index in [9.17, 15) is 19.5 Å². The first kappa shape index (κ1) is 19.5. The van der Waals surface area contributed by atoms with Crippen LogP contribution in [0.1, 0.15) is 49.8 Å². The molecule has 1 rings (SSSR count). The lowest BCUT2D eigenvalue weighted by Crippen LogP contribution is -2.43. The average Bonchev–Trinajstić information content (AvgIpc) is 2.50. The van der Waals surface area contributed by atoms with E-state index in [-0.39, 0.29) is 6.42 Å². The van der Waals surface area contributed by atoms with Crippen LogP contribution >= 0.6 is 0 Å². The molecule has 0 aliphatic rings. The van der Waals surface area contributed by atoms with Gasteiger partial charge in [0.05, 0.1) is 12.5 Å². The zero-order valence-electron chi connectivity index (χ0n) is 14.0. The Hall–Kier alpha value is -2.57. The van der Waals surface area contributed by atoms with Crippen LogP contribution in [-0.4, -0.2) is 29.1 Å². The Morgan fingerprint density at radius 1 is 1.21 bits per heavy atom. The van der Waals surface area contributed by atoms with Crippen LogP contribution in [0.3, 0.4) is 0 Å². The van der Waals surface area contributed by atoms with E-state index in [1.165, 1.54) is 0 Å². The number of unbranched alkanes of at least 4 members (excludes halogenated alkanes) is 1. The molecule has 0 heterocycles. The minimum Gasteiger partial charge on any atom is -0.480 e. The maximum atomic E-state index is 12.2. The molecule has 0 aliphatic carbocycles. The summed E-state index contributed by atoms with van der Waals surface area (Å²) in [5.41, 5.74) is 6.87. The molecule has 7 heteroatoms. The standard InChI is InChI=1S/C17H25N3O4/c1-3-4-9-13(16(22)23)19-15(21)10-14(20-17(18)24)12-8-6-5-7-11(12)2/h5-8,13-14H,3-4,9-10H2,1-2H3,(H,19,21)(H,22,23)(H3,18,20,24)/t13-,14?/m0/s1. The van der Waals surface area contributed by atoms with Gasteiger partial charge in [0, 0.05) is 0 Å². The van der Waals surface area contributed by atoms with Crippen LogP contribution in [-0.2, 0) is 9.59 Å². The number of hydrogen-bond donors (Lipinski definition) is 4. The first-order valence-corrected chi connectivity index (χ1v) is 7.98. The normalized spacial score (nSPS) is 12.9. The Kier molecular flexibility index (Phi) is 7.74. The maximum absolute atomic E-state index is 12.2. The van der Waals surface area contributed by atoms with Gasteiger partial charge in [0.2, 0.25) is 5.91 Å². The van der Waals surface area contributed by atoms with E-state index in [0.717, 1.165) is 17.5 Å². The van der Waals surface area contributed by atoms with Crippen LogP contribution in [0.15, 0.2) is 24.3 Å². The number of hydrogen-bond acceptors (Lipinski definition) is 3. The van der Waals surface area contributed by atoms with Gasteiger partial charge in [0.1, 0.15) is 6.04 Å². The highest BCUT2D eigenvalue weighted by molar-refractivity contribution is 5.84. The molecular weight excluding hydrogens is 310 g/mol. The molecule has 2 atom stereocenters. The first-order chi connectivity index (χ1) is 11.3. The van der Waals surface area contributed by atoms with Gasteiger partial charge in [-0.15, -0.1) is 0 Å². The highest BCUT2D eigenvalue weighted by Crippen LogP contribution is 2.20. The lowest BCUT2D eigenvalue weighted by Gasteiger charge is -2.21. The van der Waals surface area contributed by atoms with Crippen LogP contribution in [0.4, 0.5) is 4.79 Å². The van der Waals surface area contributed by atoms with E-state index in [1.807, 2.05) is 26.0 Å². The number of aryl methyl sites for hydroxylation is 1. The average molecular weight is 335 g/mol. The maximum Gasteiger partial charge on any atom is 0.326 e. The van der Waals surface area contributed by atoms with Gasteiger partial charge in [-0.05, 0) is 24.5 Å². The summed E-state index contributed by atoms with van der Waals surface area (Å²) in [5, 5.41) is 14.2. The van der Waals surface area contributed by atoms with E-state index in [2.05, 4.69) is 10.6 Å². The molecule has 0 saturated carbocycles. The van der Waals surface area contributed by atoms with Crippen molar-refractivity contribution in [1.82, 2.24) is 10.6 Å². The topological polar surface area (TPSA) is 122 Å². The smallest absolute Gasteiger partial charge is 0.326 e. The highest BCUT2D eigenvalue weighted by Gasteiger charge is 2.23. The second kappa shape index (κ2) is 9.54. The zero-order valence-corrected chi connectivity index (χ0v) is 14.0.